The number of aromatic nitrogens is 1. The number of carbonyl (C=O) groups is 1. The summed E-state index contributed by atoms with van der Waals surface area (Å²) in [5.41, 5.74) is 2.77. The van der Waals surface area contributed by atoms with Crippen LogP contribution in [0.2, 0.25) is 0 Å². The van der Waals surface area contributed by atoms with Gasteiger partial charge in [0.15, 0.2) is 0 Å². The molecule has 0 spiro atoms. The van der Waals surface area contributed by atoms with Gasteiger partial charge in [0.05, 0.1) is 20.3 Å². The highest BCUT2D eigenvalue weighted by Crippen LogP contribution is 2.17. The summed E-state index contributed by atoms with van der Waals surface area (Å²) < 4.78 is 10.3. The molecule has 0 unspecified atom stereocenters. The number of methoxy groups -OCH3 is 2. The van der Waals surface area contributed by atoms with Crippen molar-refractivity contribution in [1.82, 2.24) is 9.88 Å². The van der Waals surface area contributed by atoms with E-state index in [0.717, 1.165) is 16.5 Å². The Hall–Kier alpha value is -3.12. The quantitative estimate of drug-likeness (QED) is 0.684. The Morgan fingerprint density at radius 3 is 2.50 bits per heavy atom. The number of benzene rings is 2. The average Bonchev–Trinajstić information content (AvgIpc) is 2.71. The maximum atomic E-state index is 13.0. The van der Waals surface area contributed by atoms with E-state index in [1.54, 1.807) is 43.4 Å². The number of aryl methyl sites for hydroxylation is 1. The average molecular weight is 380 g/mol. The van der Waals surface area contributed by atoms with Gasteiger partial charge in [-0.2, -0.15) is 0 Å². The van der Waals surface area contributed by atoms with E-state index in [1.165, 1.54) is 0 Å². The molecule has 1 heterocycles. The number of fused-ring (bicyclic) bond motifs is 1. The van der Waals surface area contributed by atoms with E-state index < -0.39 is 0 Å². The monoisotopic (exact) mass is 380 g/mol. The summed E-state index contributed by atoms with van der Waals surface area (Å²) in [5.74, 6) is 0.518. The summed E-state index contributed by atoms with van der Waals surface area (Å²) in [7, 11) is 3.16. The SMILES string of the molecule is COCCN(Cc1cc2cc(C)ccc2[nH]c1=O)C(=O)c1ccc(OC)cc1. The molecule has 0 saturated carbocycles. The molecule has 1 N–H and O–H groups in total. The summed E-state index contributed by atoms with van der Waals surface area (Å²) in [4.78, 5) is 30.1. The number of rotatable bonds is 7. The minimum Gasteiger partial charge on any atom is -0.497 e. The van der Waals surface area contributed by atoms with Crippen molar-refractivity contribution >= 4 is 16.8 Å². The summed E-state index contributed by atoms with van der Waals surface area (Å²) in [5, 5.41) is 0.943. The van der Waals surface area contributed by atoms with Gasteiger partial charge in [-0.3, -0.25) is 9.59 Å². The number of ether oxygens (including phenoxy) is 2. The molecule has 6 nitrogen and oxygen atoms in total. The second-order valence-electron chi connectivity index (χ2n) is 6.66. The van der Waals surface area contributed by atoms with E-state index in [2.05, 4.69) is 4.98 Å². The van der Waals surface area contributed by atoms with Gasteiger partial charge in [-0.1, -0.05) is 11.6 Å². The van der Waals surface area contributed by atoms with Crippen molar-refractivity contribution in [2.24, 2.45) is 0 Å². The normalized spacial score (nSPS) is 10.8. The fourth-order valence-electron chi connectivity index (χ4n) is 3.06. The maximum absolute atomic E-state index is 13.0. The first-order chi connectivity index (χ1) is 13.5. The van der Waals surface area contributed by atoms with Crippen LogP contribution in [-0.2, 0) is 11.3 Å². The Kier molecular flexibility index (Phi) is 6.11. The third-order valence-corrected chi connectivity index (χ3v) is 4.63. The van der Waals surface area contributed by atoms with Crippen molar-refractivity contribution in [2.75, 3.05) is 27.4 Å². The van der Waals surface area contributed by atoms with Crippen LogP contribution in [0, 0.1) is 6.92 Å². The van der Waals surface area contributed by atoms with Gasteiger partial charge in [0.25, 0.3) is 11.5 Å². The maximum Gasteiger partial charge on any atom is 0.254 e. The van der Waals surface area contributed by atoms with Crippen molar-refractivity contribution in [3.63, 3.8) is 0 Å². The van der Waals surface area contributed by atoms with Crippen molar-refractivity contribution < 1.29 is 14.3 Å². The van der Waals surface area contributed by atoms with E-state index in [9.17, 15) is 9.59 Å². The standard InChI is InChI=1S/C22H24N2O4/c1-15-4-9-20-17(12-15)13-18(21(25)23-20)14-24(10-11-27-2)22(26)16-5-7-19(28-3)8-6-16/h4-9,12-13H,10-11,14H2,1-3H3,(H,23,25). The molecule has 1 aromatic heterocycles. The van der Waals surface area contributed by atoms with Gasteiger partial charge >= 0.3 is 0 Å². The first kappa shape index (κ1) is 19.6. The molecule has 6 heteroatoms. The van der Waals surface area contributed by atoms with E-state index in [1.807, 2.05) is 31.2 Å². The van der Waals surface area contributed by atoms with Crippen molar-refractivity contribution in [3.05, 3.63) is 75.6 Å². The molecule has 0 atom stereocenters. The van der Waals surface area contributed by atoms with Gasteiger partial charge in [0.2, 0.25) is 0 Å². The number of carbonyl (C=O) groups excluding carboxylic acids is 1. The van der Waals surface area contributed by atoms with Crippen LogP contribution in [0.25, 0.3) is 10.9 Å². The molecule has 2 aromatic carbocycles. The molecule has 0 bridgehead atoms. The highest BCUT2D eigenvalue weighted by molar-refractivity contribution is 5.94. The summed E-state index contributed by atoms with van der Waals surface area (Å²) >= 11 is 0. The Labute approximate surface area is 163 Å². The molecule has 146 valence electrons. The molecule has 0 fully saturated rings. The first-order valence-corrected chi connectivity index (χ1v) is 9.06. The molecular weight excluding hydrogens is 356 g/mol. The molecule has 1 amide bonds. The number of H-pyrrole nitrogens is 1. The first-order valence-electron chi connectivity index (χ1n) is 9.06. The zero-order valence-corrected chi connectivity index (χ0v) is 16.3. The van der Waals surface area contributed by atoms with Crippen LogP contribution < -0.4 is 10.3 Å². The predicted octanol–water partition coefficient (Wildman–Crippen LogP) is 3.13. The molecule has 0 aliphatic carbocycles. The summed E-state index contributed by atoms with van der Waals surface area (Å²) in [6.07, 6.45) is 0. The van der Waals surface area contributed by atoms with Crippen LogP contribution in [0.4, 0.5) is 0 Å². The lowest BCUT2D eigenvalue weighted by atomic mass is 10.1. The van der Waals surface area contributed by atoms with Gasteiger partial charge < -0.3 is 19.4 Å². The third-order valence-electron chi connectivity index (χ3n) is 4.63. The van der Waals surface area contributed by atoms with Gasteiger partial charge in [0.1, 0.15) is 5.75 Å². The fourth-order valence-corrected chi connectivity index (χ4v) is 3.06. The van der Waals surface area contributed by atoms with Gasteiger partial charge in [0, 0.05) is 30.3 Å². The van der Waals surface area contributed by atoms with E-state index in [-0.39, 0.29) is 18.0 Å². The topological polar surface area (TPSA) is 71.6 Å². The Morgan fingerprint density at radius 1 is 1.07 bits per heavy atom. The van der Waals surface area contributed by atoms with Crippen LogP contribution in [-0.4, -0.2) is 43.2 Å². The van der Waals surface area contributed by atoms with E-state index in [4.69, 9.17) is 9.47 Å². The molecule has 0 radical (unpaired) electrons. The second-order valence-corrected chi connectivity index (χ2v) is 6.66. The fraction of sp³-hybridized carbons (Fsp3) is 0.273. The Balaban J connectivity index is 1.91. The van der Waals surface area contributed by atoms with Gasteiger partial charge in [-0.15, -0.1) is 0 Å². The van der Waals surface area contributed by atoms with Crippen molar-refractivity contribution in [2.45, 2.75) is 13.5 Å². The number of hydrogen-bond donors (Lipinski definition) is 1. The van der Waals surface area contributed by atoms with Crippen LogP contribution >= 0.6 is 0 Å². The van der Waals surface area contributed by atoms with Crippen molar-refractivity contribution in [3.8, 4) is 5.75 Å². The minimum atomic E-state index is -0.193. The summed E-state index contributed by atoms with van der Waals surface area (Å²) in [6, 6.07) is 14.6. The minimum absolute atomic E-state index is 0.163. The zero-order valence-electron chi connectivity index (χ0n) is 16.3. The molecular formula is C22H24N2O4. The number of aromatic amines is 1. The number of hydrogen-bond acceptors (Lipinski definition) is 4. The largest absolute Gasteiger partial charge is 0.497 e. The Morgan fingerprint density at radius 2 is 1.82 bits per heavy atom. The van der Waals surface area contributed by atoms with Crippen LogP contribution in [0.5, 0.6) is 5.75 Å². The number of nitrogens with one attached hydrogen (secondary N) is 1. The lowest BCUT2D eigenvalue weighted by Gasteiger charge is -2.22. The molecule has 0 aliphatic rings. The number of amides is 1. The molecule has 3 aromatic rings. The van der Waals surface area contributed by atoms with Gasteiger partial charge in [-0.25, -0.2) is 0 Å². The molecule has 0 saturated heterocycles. The van der Waals surface area contributed by atoms with Crippen LogP contribution in [0.15, 0.2) is 53.3 Å². The van der Waals surface area contributed by atoms with Crippen molar-refractivity contribution in [1.29, 1.82) is 0 Å². The highest BCUT2D eigenvalue weighted by Gasteiger charge is 2.18. The second kappa shape index (κ2) is 8.71. The summed E-state index contributed by atoms with van der Waals surface area (Å²) in [6.45, 7) is 2.97. The smallest absolute Gasteiger partial charge is 0.254 e. The Bertz CT molecular complexity index is 1020. The zero-order chi connectivity index (χ0) is 20.1. The lowest BCUT2D eigenvalue weighted by Crippen LogP contribution is -2.35. The highest BCUT2D eigenvalue weighted by atomic mass is 16.5. The van der Waals surface area contributed by atoms with E-state index in [0.29, 0.717) is 30.0 Å². The molecule has 0 aliphatic heterocycles. The molecule has 28 heavy (non-hydrogen) atoms. The van der Waals surface area contributed by atoms with Crippen LogP contribution in [0.1, 0.15) is 21.5 Å². The van der Waals surface area contributed by atoms with Crippen LogP contribution in [0.3, 0.4) is 0 Å². The lowest BCUT2D eigenvalue weighted by molar-refractivity contribution is 0.0679. The van der Waals surface area contributed by atoms with Gasteiger partial charge in [-0.05, 0) is 54.8 Å². The number of nitrogens with zero attached hydrogens (tertiary/aromatic N) is 1. The third kappa shape index (κ3) is 4.40. The number of pyridine rings is 1. The molecule has 3 rings (SSSR count). The predicted molar refractivity (Wildman–Crippen MR) is 109 cm³/mol. The van der Waals surface area contributed by atoms with E-state index >= 15 is 0 Å².